The van der Waals surface area contributed by atoms with E-state index in [0.29, 0.717) is 11.6 Å². The minimum Gasteiger partial charge on any atom is -0.481 e. The van der Waals surface area contributed by atoms with Gasteiger partial charge in [0.15, 0.2) is 5.69 Å². The number of carbonyl (C=O) groups excluding carboxylic acids is 1. The van der Waals surface area contributed by atoms with E-state index in [-0.39, 0.29) is 17.3 Å². The Kier molecular flexibility index (Phi) is 4.11. The summed E-state index contributed by atoms with van der Waals surface area (Å²) in [6.07, 6.45) is 4.14. The quantitative estimate of drug-likeness (QED) is 0.852. The van der Waals surface area contributed by atoms with Gasteiger partial charge in [-0.05, 0) is 12.8 Å². The number of carbonyl (C=O) groups is 1. The number of hydrogen-bond acceptors (Lipinski definition) is 3. The Balaban J connectivity index is 2.02. The molecule has 0 spiro atoms. The number of ether oxygens (including phenoxy) is 1. The van der Waals surface area contributed by atoms with Crippen LogP contribution < -0.4 is 10.1 Å². The zero-order valence-corrected chi connectivity index (χ0v) is 11.4. The summed E-state index contributed by atoms with van der Waals surface area (Å²) in [6, 6.07) is 1.67. The van der Waals surface area contributed by atoms with E-state index in [1.807, 2.05) is 0 Å². The maximum absolute atomic E-state index is 12.0. The number of nitrogens with one attached hydrogen (secondary N) is 1. The summed E-state index contributed by atoms with van der Waals surface area (Å²) in [5, 5.41) is 7.08. The smallest absolute Gasteiger partial charge is 0.272 e. The van der Waals surface area contributed by atoms with Gasteiger partial charge in [-0.1, -0.05) is 12.8 Å². The highest BCUT2D eigenvalue weighted by Gasteiger charge is 2.26. The molecule has 1 fully saturated rings. The van der Waals surface area contributed by atoms with Gasteiger partial charge in [0.25, 0.3) is 5.91 Å². The van der Waals surface area contributed by atoms with Crippen LogP contribution in [0.1, 0.15) is 36.2 Å². The van der Waals surface area contributed by atoms with Gasteiger partial charge >= 0.3 is 0 Å². The zero-order chi connectivity index (χ0) is 13.1. The van der Waals surface area contributed by atoms with E-state index in [4.69, 9.17) is 16.3 Å². The topological polar surface area (TPSA) is 56.1 Å². The van der Waals surface area contributed by atoms with Crippen molar-refractivity contribution >= 4 is 17.5 Å². The molecule has 5 nitrogen and oxygen atoms in total. The van der Waals surface area contributed by atoms with Crippen LogP contribution in [-0.2, 0) is 7.05 Å². The fourth-order valence-electron chi connectivity index (χ4n) is 2.24. The number of alkyl halides is 1. The van der Waals surface area contributed by atoms with Gasteiger partial charge in [-0.25, -0.2) is 4.68 Å². The van der Waals surface area contributed by atoms with Crippen LogP contribution in [0.3, 0.4) is 0 Å². The standard InChI is InChI=1S/C12H18ClN3O2/c1-16-11(18-2)7-10(15-16)12(17)14-9-6-4-3-5-8(9)13/h7-9H,3-6H2,1-2H3,(H,14,17). The fraction of sp³-hybridized carbons (Fsp3) is 0.667. The monoisotopic (exact) mass is 271 g/mol. The van der Waals surface area contributed by atoms with Crippen LogP contribution in [0.2, 0.25) is 0 Å². The molecule has 100 valence electrons. The first-order chi connectivity index (χ1) is 8.61. The summed E-state index contributed by atoms with van der Waals surface area (Å²) < 4.78 is 6.62. The van der Waals surface area contributed by atoms with Gasteiger partial charge in [0.2, 0.25) is 5.88 Å². The normalized spacial score (nSPS) is 23.7. The molecule has 1 aromatic rings. The lowest BCUT2D eigenvalue weighted by Gasteiger charge is -2.27. The van der Waals surface area contributed by atoms with Crippen molar-refractivity contribution in [2.24, 2.45) is 7.05 Å². The lowest BCUT2D eigenvalue weighted by Crippen LogP contribution is -2.43. The van der Waals surface area contributed by atoms with E-state index in [2.05, 4.69) is 10.4 Å². The van der Waals surface area contributed by atoms with E-state index in [0.717, 1.165) is 25.7 Å². The molecule has 1 amide bonds. The highest BCUT2D eigenvalue weighted by atomic mass is 35.5. The lowest BCUT2D eigenvalue weighted by molar-refractivity contribution is 0.0923. The predicted octanol–water partition coefficient (Wildman–Crippen LogP) is 1.71. The van der Waals surface area contributed by atoms with Gasteiger partial charge in [0.1, 0.15) is 0 Å². The van der Waals surface area contributed by atoms with Crippen LogP contribution in [0.4, 0.5) is 0 Å². The Morgan fingerprint density at radius 3 is 2.89 bits per heavy atom. The van der Waals surface area contributed by atoms with Gasteiger partial charge in [-0.2, -0.15) is 5.10 Å². The summed E-state index contributed by atoms with van der Waals surface area (Å²) in [5.74, 6) is 0.373. The number of amides is 1. The van der Waals surface area contributed by atoms with E-state index in [1.165, 1.54) is 4.68 Å². The fourth-order valence-corrected chi connectivity index (χ4v) is 2.59. The van der Waals surface area contributed by atoms with E-state index < -0.39 is 0 Å². The van der Waals surface area contributed by atoms with Gasteiger partial charge in [0, 0.05) is 19.2 Å². The van der Waals surface area contributed by atoms with Gasteiger partial charge in [0.05, 0.1) is 12.5 Å². The third-order valence-electron chi connectivity index (χ3n) is 3.28. The molecule has 1 aliphatic rings. The minimum atomic E-state index is -0.188. The van der Waals surface area contributed by atoms with E-state index in [1.54, 1.807) is 20.2 Å². The number of halogens is 1. The largest absolute Gasteiger partial charge is 0.481 e. The number of rotatable bonds is 3. The molecule has 0 aliphatic heterocycles. The van der Waals surface area contributed by atoms with E-state index >= 15 is 0 Å². The molecular weight excluding hydrogens is 254 g/mol. The van der Waals surface area contributed by atoms with Gasteiger partial charge in [-0.3, -0.25) is 4.79 Å². The first-order valence-electron chi connectivity index (χ1n) is 6.14. The average molecular weight is 272 g/mol. The molecule has 0 aromatic carbocycles. The number of methoxy groups -OCH3 is 1. The number of hydrogen-bond donors (Lipinski definition) is 1. The van der Waals surface area contributed by atoms with E-state index in [9.17, 15) is 4.79 Å². The van der Waals surface area contributed by atoms with Crippen molar-refractivity contribution in [3.8, 4) is 5.88 Å². The minimum absolute atomic E-state index is 0.0216. The molecule has 1 heterocycles. The molecule has 2 rings (SSSR count). The third-order valence-corrected chi connectivity index (χ3v) is 3.80. The molecule has 2 unspecified atom stereocenters. The molecule has 6 heteroatoms. The second-order valence-electron chi connectivity index (χ2n) is 4.58. The van der Waals surface area contributed by atoms with Gasteiger partial charge < -0.3 is 10.1 Å². The maximum atomic E-state index is 12.0. The van der Waals surface area contributed by atoms with Crippen LogP contribution in [0.15, 0.2) is 6.07 Å². The molecule has 1 saturated carbocycles. The van der Waals surface area contributed by atoms with Crippen LogP contribution in [0, 0.1) is 0 Å². The first kappa shape index (κ1) is 13.2. The van der Waals surface area contributed by atoms with Crippen molar-refractivity contribution in [3.63, 3.8) is 0 Å². The molecule has 0 saturated heterocycles. The molecule has 1 aliphatic carbocycles. The van der Waals surface area contributed by atoms with Crippen LogP contribution in [0.25, 0.3) is 0 Å². The third kappa shape index (κ3) is 2.77. The highest BCUT2D eigenvalue weighted by Crippen LogP contribution is 2.23. The molecule has 0 bridgehead atoms. The Bertz CT molecular complexity index is 433. The first-order valence-corrected chi connectivity index (χ1v) is 6.58. The summed E-state index contributed by atoms with van der Waals surface area (Å²) in [6.45, 7) is 0. The summed E-state index contributed by atoms with van der Waals surface area (Å²) in [5.41, 5.74) is 0.365. The summed E-state index contributed by atoms with van der Waals surface area (Å²) in [7, 11) is 3.29. The second-order valence-corrected chi connectivity index (χ2v) is 5.14. The zero-order valence-electron chi connectivity index (χ0n) is 10.6. The van der Waals surface area contributed by atoms with Crippen molar-refractivity contribution < 1.29 is 9.53 Å². The van der Waals surface area contributed by atoms with Crippen molar-refractivity contribution in [3.05, 3.63) is 11.8 Å². The van der Waals surface area contributed by atoms with Crippen LogP contribution in [-0.4, -0.2) is 34.2 Å². The maximum Gasteiger partial charge on any atom is 0.272 e. The SMILES string of the molecule is COc1cc(C(=O)NC2CCCCC2Cl)nn1C. The number of aryl methyl sites for hydroxylation is 1. The summed E-state index contributed by atoms with van der Waals surface area (Å²) in [4.78, 5) is 12.0. The molecular formula is C12H18ClN3O2. The average Bonchev–Trinajstić information content (AvgIpc) is 2.73. The molecule has 1 N–H and O–H groups in total. The lowest BCUT2D eigenvalue weighted by atomic mass is 9.95. The molecule has 1 aromatic heterocycles. The van der Waals surface area contributed by atoms with Gasteiger partial charge in [-0.15, -0.1) is 11.6 Å². The van der Waals surface area contributed by atoms with Crippen molar-refractivity contribution in [2.75, 3.05) is 7.11 Å². The van der Waals surface area contributed by atoms with Crippen LogP contribution in [0.5, 0.6) is 5.88 Å². The van der Waals surface area contributed by atoms with Crippen LogP contribution >= 0.6 is 11.6 Å². The predicted molar refractivity (Wildman–Crippen MR) is 69.1 cm³/mol. The van der Waals surface area contributed by atoms with Crippen molar-refractivity contribution in [1.29, 1.82) is 0 Å². The Labute approximate surface area is 111 Å². The highest BCUT2D eigenvalue weighted by molar-refractivity contribution is 6.21. The number of aromatic nitrogens is 2. The summed E-state index contributed by atoms with van der Waals surface area (Å²) >= 11 is 6.21. The Morgan fingerprint density at radius 1 is 1.56 bits per heavy atom. The molecule has 18 heavy (non-hydrogen) atoms. The Hall–Kier alpha value is -1.23. The van der Waals surface area contributed by atoms with Crippen molar-refractivity contribution in [1.82, 2.24) is 15.1 Å². The Morgan fingerprint density at radius 2 is 2.28 bits per heavy atom. The number of nitrogens with zero attached hydrogens (tertiary/aromatic N) is 2. The second kappa shape index (κ2) is 5.61. The molecule has 2 atom stereocenters. The van der Waals surface area contributed by atoms with Crippen molar-refractivity contribution in [2.45, 2.75) is 37.1 Å². The molecule has 0 radical (unpaired) electrons.